The molecule has 5 heteroatoms. The van der Waals surface area contributed by atoms with Gasteiger partial charge in [0.05, 0.1) is 6.61 Å². The molecule has 1 aromatic rings. The van der Waals surface area contributed by atoms with Gasteiger partial charge in [0, 0.05) is 31.5 Å². The second-order valence-corrected chi connectivity index (χ2v) is 5.92. The zero-order valence-corrected chi connectivity index (χ0v) is 12.7. The largest absolute Gasteiger partial charge is 0.384 e. The van der Waals surface area contributed by atoms with E-state index in [0.29, 0.717) is 6.54 Å². The van der Waals surface area contributed by atoms with Crippen LogP contribution < -0.4 is 5.32 Å². The minimum atomic E-state index is -0.224. The van der Waals surface area contributed by atoms with Gasteiger partial charge in [0.1, 0.15) is 11.9 Å². The van der Waals surface area contributed by atoms with Gasteiger partial charge in [0.15, 0.2) is 0 Å². The summed E-state index contributed by atoms with van der Waals surface area (Å²) in [6.07, 6.45) is 8.31. The fourth-order valence-electron chi connectivity index (χ4n) is 3.15. The number of methoxy groups -OCH3 is 1. The minimum Gasteiger partial charge on any atom is -0.384 e. The van der Waals surface area contributed by atoms with Crippen LogP contribution in [0.4, 0.5) is 0 Å². The third kappa shape index (κ3) is 3.20. The summed E-state index contributed by atoms with van der Waals surface area (Å²) in [5.74, 6) is 0.911. The van der Waals surface area contributed by atoms with E-state index >= 15 is 0 Å². The Kier molecular flexibility index (Phi) is 4.81. The molecule has 112 valence electrons. The zero-order valence-electron chi connectivity index (χ0n) is 12.7. The second kappa shape index (κ2) is 6.39. The molecule has 2 rings (SSSR count). The molecule has 1 saturated carbocycles. The number of nitrogens with one attached hydrogen (secondary N) is 1. The summed E-state index contributed by atoms with van der Waals surface area (Å²) in [7, 11) is 1.74. The molecule has 0 spiro atoms. The van der Waals surface area contributed by atoms with E-state index in [1.807, 2.05) is 24.6 Å². The molecule has 5 nitrogen and oxygen atoms in total. The predicted octanol–water partition coefficient (Wildman–Crippen LogP) is 2.08. The number of carbonyl (C=O) groups is 1. The number of aryl methyl sites for hydroxylation is 1. The first-order chi connectivity index (χ1) is 9.58. The first kappa shape index (κ1) is 15.0. The first-order valence-corrected chi connectivity index (χ1v) is 7.34. The van der Waals surface area contributed by atoms with Crippen molar-refractivity contribution in [1.82, 2.24) is 14.9 Å². The van der Waals surface area contributed by atoms with E-state index in [4.69, 9.17) is 4.74 Å². The number of hydrogen-bond donors (Lipinski definition) is 1. The SMILES string of the molecule is COCC1(CNC(=O)[C@H](C)n2ccnc2C)CCCC1. The number of imidazole rings is 1. The van der Waals surface area contributed by atoms with Crippen molar-refractivity contribution in [2.75, 3.05) is 20.3 Å². The van der Waals surface area contributed by atoms with Gasteiger partial charge in [-0.25, -0.2) is 4.98 Å². The average molecular weight is 279 g/mol. The standard InChI is InChI=1S/C15H25N3O2/c1-12(18-9-8-16-13(18)2)14(19)17-10-15(11-20-3)6-4-5-7-15/h8-9,12H,4-7,10-11H2,1-3H3,(H,17,19)/t12-/m0/s1. The van der Waals surface area contributed by atoms with Gasteiger partial charge in [-0.2, -0.15) is 0 Å². The normalized spacial score (nSPS) is 18.9. The Bertz CT molecular complexity index is 450. The Labute approximate surface area is 120 Å². The van der Waals surface area contributed by atoms with Crippen LogP contribution in [0.1, 0.15) is 44.5 Å². The maximum absolute atomic E-state index is 12.3. The number of hydrogen-bond acceptors (Lipinski definition) is 3. The molecule has 1 aromatic heterocycles. The highest BCUT2D eigenvalue weighted by Crippen LogP contribution is 2.37. The molecular weight excluding hydrogens is 254 g/mol. The van der Waals surface area contributed by atoms with Gasteiger partial charge in [-0.1, -0.05) is 12.8 Å². The van der Waals surface area contributed by atoms with Gasteiger partial charge in [0.2, 0.25) is 5.91 Å². The van der Waals surface area contributed by atoms with Crippen LogP contribution in [-0.4, -0.2) is 35.7 Å². The summed E-state index contributed by atoms with van der Waals surface area (Å²) in [5, 5.41) is 3.10. The molecule has 1 N–H and O–H groups in total. The van der Waals surface area contributed by atoms with Crippen molar-refractivity contribution in [2.45, 2.75) is 45.6 Å². The van der Waals surface area contributed by atoms with Crippen molar-refractivity contribution < 1.29 is 9.53 Å². The monoisotopic (exact) mass is 279 g/mol. The van der Waals surface area contributed by atoms with Crippen molar-refractivity contribution in [3.8, 4) is 0 Å². The lowest BCUT2D eigenvalue weighted by molar-refractivity contribution is -0.124. The van der Waals surface area contributed by atoms with Crippen LogP contribution in [0.5, 0.6) is 0 Å². The molecule has 1 aliphatic carbocycles. The Morgan fingerprint density at radius 3 is 2.80 bits per heavy atom. The number of nitrogens with zero attached hydrogens (tertiary/aromatic N) is 2. The van der Waals surface area contributed by atoms with Gasteiger partial charge in [-0.3, -0.25) is 4.79 Å². The molecule has 1 atom stereocenters. The van der Waals surface area contributed by atoms with Crippen molar-refractivity contribution in [3.05, 3.63) is 18.2 Å². The molecule has 1 fully saturated rings. The summed E-state index contributed by atoms with van der Waals surface area (Å²) in [5.41, 5.74) is 0.133. The molecule has 0 unspecified atom stereocenters. The molecule has 0 saturated heterocycles. The summed E-state index contributed by atoms with van der Waals surface area (Å²) in [4.78, 5) is 16.5. The highest BCUT2D eigenvalue weighted by atomic mass is 16.5. The van der Waals surface area contributed by atoms with E-state index in [1.165, 1.54) is 12.8 Å². The molecule has 0 aromatic carbocycles. The molecule has 1 heterocycles. The molecular formula is C15H25N3O2. The third-order valence-corrected chi connectivity index (χ3v) is 4.41. The Morgan fingerprint density at radius 1 is 1.55 bits per heavy atom. The molecule has 0 radical (unpaired) electrons. The van der Waals surface area contributed by atoms with Crippen molar-refractivity contribution >= 4 is 5.91 Å². The third-order valence-electron chi connectivity index (χ3n) is 4.41. The lowest BCUT2D eigenvalue weighted by atomic mass is 9.87. The van der Waals surface area contributed by atoms with Crippen LogP contribution in [0, 0.1) is 12.3 Å². The van der Waals surface area contributed by atoms with E-state index in [-0.39, 0.29) is 17.4 Å². The highest BCUT2D eigenvalue weighted by Gasteiger charge is 2.34. The van der Waals surface area contributed by atoms with Gasteiger partial charge in [-0.15, -0.1) is 0 Å². The highest BCUT2D eigenvalue weighted by molar-refractivity contribution is 5.80. The summed E-state index contributed by atoms with van der Waals surface area (Å²) < 4.78 is 7.24. The lowest BCUT2D eigenvalue weighted by Crippen LogP contribution is -2.41. The van der Waals surface area contributed by atoms with Crippen LogP contribution in [-0.2, 0) is 9.53 Å². The fourth-order valence-corrected chi connectivity index (χ4v) is 3.15. The molecule has 20 heavy (non-hydrogen) atoms. The molecule has 1 amide bonds. The minimum absolute atomic E-state index is 0.0495. The number of carbonyl (C=O) groups excluding carboxylic acids is 1. The van der Waals surface area contributed by atoms with Gasteiger partial charge < -0.3 is 14.6 Å². The number of rotatable bonds is 6. The van der Waals surface area contributed by atoms with E-state index in [1.54, 1.807) is 13.3 Å². The van der Waals surface area contributed by atoms with Crippen molar-refractivity contribution in [1.29, 1.82) is 0 Å². The molecule has 1 aliphatic rings. The molecule has 0 bridgehead atoms. The van der Waals surface area contributed by atoms with Crippen molar-refractivity contribution in [3.63, 3.8) is 0 Å². The van der Waals surface area contributed by atoms with Crippen LogP contribution >= 0.6 is 0 Å². The van der Waals surface area contributed by atoms with E-state index in [2.05, 4.69) is 10.3 Å². The van der Waals surface area contributed by atoms with Crippen LogP contribution in [0.25, 0.3) is 0 Å². The fraction of sp³-hybridized carbons (Fsp3) is 0.733. The maximum Gasteiger partial charge on any atom is 0.242 e. The summed E-state index contributed by atoms with van der Waals surface area (Å²) in [6, 6.07) is -0.224. The maximum atomic E-state index is 12.3. The van der Waals surface area contributed by atoms with Crippen LogP contribution in [0.15, 0.2) is 12.4 Å². The number of amides is 1. The molecule has 0 aliphatic heterocycles. The van der Waals surface area contributed by atoms with Gasteiger partial charge >= 0.3 is 0 Å². The second-order valence-electron chi connectivity index (χ2n) is 5.92. The topological polar surface area (TPSA) is 56.1 Å². The summed E-state index contributed by atoms with van der Waals surface area (Å²) in [6.45, 7) is 5.25. The first-order valence-electron chi connectivity index (χ1n) is 7.34. The summed E-state index contributed by atoms with van der Waals surface area (Å²) >= 11 is 0. The number of ether oxygens (including phenoxy) is 1. The van der Waals surface area contributed by atoms with Crippen LogP contribution in [0.2, 0.25) is 0 Å². The van der Waals surface area contributed by atoms with Crippen molar-refractivity contribution in [2.24, 2.45) is 5.41 Å². The zero-order chi connectivity index (χ0) is 14.6. The average Bonchev–Trinajstić information content (AvgIpc) is 3.05. The van der Waals surface area contributed by atoms with E-state index in [0.717, 1.165) is 25.3 Å². The Balaban J connectivity index is 1.93. The quantitative estimate of drug-likeness (QED) is 0.867. The van der Waals surface area contributed by atoms with E-state index < -0.39 is 0 Å². The number of aromatic nitrogens is 2. The predicted molar refractivity (Wildman–Crippen MR) is 77.5 cm³/mol. The van der Waals surface area contributed by atoms with Gasteiger partial charge in [0.25, 0.3) is 0 Å². The van der Waals surface area contributed by atoms with Crippen LogP contribution in [0.3, 0.4) is 0 Å². The Hall–Kier alpha value is -1.36. The van der Waals surface area contributed by atoms with E-state index in [9.17, 15) is 4.79 Å². The van der Waals surface area contributed by atoms with Gasteiger partial charge in [-0.05, 0) is 26.7 Å². The Morgan fingerprint density at radius 2 is 2.25 bits per heavy atom. The lowest BCUT2D eigenvalue weighted by Gasteiger charge is -2.29. The smallest absolute Gasteiger partial charge is 0.242 e.